The van der Waals surface area contributed by atoms with Crippen LogP contribution in [-0.2, 0) is 10.0 Å². The lowest BCUT2D eigenvalue weighted by molar-refractivity contribution is 0.0260. The van der Waals surface area contributed by atoms with Gasteiger partial charge in [-0.05, 0) is 49.9 Å². The van der Waals surface area contributed by atoms with Crippen LogP contribution in [0.3, 0.4) is 0 Å². The van der Waals surface area contributed by atoms with Gasteiger partial charge in [-0.3, -0.25) is 4.79 Å². The summed E-state index contributed by atoms with van der Waals surface area (Å²) < 4.78 is 41.8. The van der Waals surface area contributed by atoms with E-state index in [9.17, 15) is 13.2 Å². The summed E-state index contributed by atoms with van der Waals surface area (Å²) in [4.78, 5) is 15.2. The number of nitrogens with zero attached hydrogens (tertiary/aromatic N) is 1. The van der Waals surface area contributed by atoms with Crippen LogP contribution in [0.2, 0.25) is 0 Å². The molecule has 2 aromatic carbocycles. The van der Waals surface area contributed by atoms with Gasteiger partial charge in [0, 0.05) is 25.1 Å². The van der Waals surface area contributed by atoms with Gasteiger partial charge in [0.25, 0.3) is 5.91 Å². The Kier molecular flexibility index (Phi) is 7.71. The first-order valence-corrected chi connectivity index (χ1v) is 14.1. The Morgan fingerprint density at radius 3 is 2.43 bits per heavy atom. The number of amides is 1. The molecule has 2 aliphatic rings. The van der Waals surface area contributed by atoms with E-state index >= 15 is 0 Å². The molecular weight excluding hydrogens is 464 g/mol. The molecule has 1 saturated heterocycles. The van der Waals surface area contributed by atoms with Crippen molar-refractivity contribution in [2.24, 2.45) is 0 Å². The number of likely N-dealkylation sites (tertiary alicyclic amines) is 1. The monoisotopic (exact) mass is 500 g/mol. The van der Waals surface area contributed by atoms with Crippen LogP contribution < -0.4 is 14.2 Å². The smallest absolute Gasteiger partial charge is 0.257 e. The zero-order valence-corrected chi connectivity index (χ0v) is 21.7. The van der Waals surface area contributed by atoms with Crippen molar-refractivity contribution >= 4 is 15.9 Å². The molecule has 1 fully saturated rings. The third-order valence-electron chi connectivity index (χ3n) is 7.39. The highest BCUT2D eigenvalue weighted by Gasteiger charge is 2.40. The van der Waals surface area contributed by atoms with E-state index < -0.39 is 21.7 Å². The van der Waals surface area contributed by atoms with Gasteiger partial charge in [-0.15, -0.1) is 0 Å². The van der Waals surface area contributed by atoms with E-state index in [1.165, 1.54) is 19.2 Å². The number of hydrogen-bond acceptors (Lipinski definition) is 5. The van der Waals surface area contributed by atoms with E-state index in [2.05, 4.69) is 18.6 Å². The molecule has 8 heteroatoms. The summed E-state index contributed by atoms with van der Waals surface area (Å²) >= 11 is 0. The van der Waals surface area contributed by atoms with Gasteiger partial charge < -0.3 is 14.4 Å². The number of carbonyl (C=O) groups is 1. The molecule has 1 N–H and O–H groups in total. The maximum Gasteiger partial charge on any atom is 0.257 e. The van der Waals surface area contributed by atoms with Gasteiger partial charge >= 0.3 is 0 Å². The fraction of sp³-hybridized carbons (Fsp3) is 0.519. The summed E-state index contributed by atoms with van der Waals surface area (Å²) in [6, 6.07) is 11.7. The lowest BCUT2D eigenvalue weighted by Crippen LogP contribution is -2.44. The first-order valence-electron chi connectivity index (χ1n) is 12.6. The van der Waals surface area contributed by atoms with Crippen LogP contribution in [0.1, 0.15) is 80.8 Å². The predicted octanol–water partition coefficient (Wildman–Crippen LogP) is 5.07. The lowest BCUT2D eigenvalue weighted by atomic mass is 9.84. The normalized spacial score (nSPS) is 19.9. The Labute approximate surface area is 208 Å². The Balaban J connectivity index is 1.66. The topological polar surface area (TPSA) is 84.9 Å². The second kappa shape index (κ2) is 10.6. The predicted molar refractivity (Wildman–Crippen MR) is 135 cm³/mol. The molecule has 0 bridgehead atoms. The molecule has 4 rings (SSSR count). The molecule has 0 saturated carbocycles. The minimum absolute atomic E-state index is 0.0547. The molecule has 0 unspecified atom stereocenters. The maximum absolute atomic E-state index is 13.6. The molecule has 0 aromatic heterocycles. The number of ether oxygens (including phenoxy) is 2. The average molecular weight is 501 g/mol. The molecule has 1 atom stereocenters. The highest BCUT2D eigenvalue weighted by molar-refractivity contribution is 7.89. The average Bonchev–Trinajstić information content (AvgIpc) is 3.17. The van der Waals surface area contributed by atoms with Crippen molar-refractivity contribution in [3.8, 4) is 11.5 Å². The molecule has 35 heavy (non-hydrogen) atoms. The molecule has 2 aromatic rings. The Morgan fingerprint density at radius 1 is 1.09 bits per heavy atom. The largest absolute Gasteiger partial charge is 0.496 e. The molecular formula is C27H36N2O5S. The number of rotatable bonds is 7. The fourth-order valence-corrected chi connectivity index (χ4v) is 6.37. The van der Waals surface area contributed by atoms with E-state index in [1.807, 2.05) is 24.3 Å². The van der Waals surface area contributed by atoms with Gasteiger partial charge in [-0.2, -0.15) is 0 Å². The number of methoxy groups -OCH3 is 1. The third kappa shape index (κ3) is 5.33. The van der Waals surface area contributed by atoms with Crippen LogP contribution in [0.5, 0.6) is 11.5 Å². The standard InChI is InChI=1S/C27H36N2O5S/c1-4-27(5-2)19-23(21-12-8-9-13-25(21)34-27)28-35(31,32)20-14-15-24(33-3)22(18-20)26(30)29-16-10-6-7-11-17-29/h8-9,12-15,18,23,28H,4-7,10-11,16-17,19H2,1-3H3/t23-/m1/s1. The number of sulfonamides is 1. The van der Waals surface area contributed by atoms with Crippen LogP contribution in [0, 0.1) is 0 Å². The highest BCUT2D eigenvalue weighted by Crippen LogP contribution is 2.43. The zero-order chi connectivity index (χ0) is 25.1. The van der Waals surface area contributed by atoms with Crippen LogP contribution in [0.4, 0.5) is 0 Å². The summed E-state index contributed by atoms with van der Waals surface area (Å²) in [5, 5.41) is 0. The quantitative estimate of drug-likeness (QED) is 0.574. The van der Waals surface area contributed by atoms with Crippen molar-refractivity contribution in [2.45, 2.75) is 75.3 Å². The van der Waals surface area contributed by atoms with E-state index in [0.717, 1.165) is 44.1 Å². The van der Waals surface area contributed by atoms with Crippen molar-refractivity contribution in [3.63, 3.8) is 0 Å². The molecule has 190 valence electrons. The Hall–Kier alpha value is -2.58. The number of nitrogens with one attached hydrogen (secondary N) is 1. The maximum atomic E-state index is 13.6. The van der Waals surface area contributed by atoms with Gasteiger partial charge in [0.15, 0.2) is 0 Å². The number of benzene rings is 2. The second-order valence-corrected chi connectivity index (χ2v) is 11.2. The van der Waals surface area contributed by atoms with Crippen LogP contribution in [0.25, 0.3) is 0 Å². The first-order chi connectivity index (χ1) is 16.8. The zero-order valence-electron chi connectivity index (χ0n) is 20.9. The summed E-state index contributed by atoms with van der Waals surface area (Å²) in [6.07, 6.45) is 6.18. The summed E-state index contributed by atoms with van der Waals surface area (Å²) in [5.41, 5.74) is 0.666. The van der Waals surface area contributed by atoms with Crippen LogP contribution in [-0.4, -0.2) is 45.0 Å². The van der Waals surface area contributed by atoms with Gasteiger partial charge in [-0.25, -0.2) is 13.1 Å². The van der Waals surface area contributed by atoms with Crippen molar-refractivity contribution in [2.75, 3.05) is 20.2 Å². The van der Waals surface area contributed by atoms with Gasteiger partial charge in [0.1, 0.15) is 17.1 Å². The van der Waals surface area contributed by atoms with Gasteiger partial charge in [0.05, 0.1) is 23.6 Å². The number of hydrogen-bond donors (Lipinski definition) is 1. The molecule has 0 spiro atoms. The SMILES string of the molecule is CCC1(CC)C[C@@H](NS(=O)(=O)c2ccc(OC)c(C(=O)N3CCCCCC3)c2)c2ccccc2O1. The highest BCUT2D eigenvalue weighted by atomic mass is 32.2. The second-order valence-electron chi connectivity index (χ2n) is 9.48. The number of fused-ring (bicyclic) bond motifs is 1. The molecule has 2 aliphatic heterocycles. The van der Waals surface area contributed by atoms with Crippen LogP contribution in [0.15, 0.2) is 47.4 Å². The lowest BCUT2D eigenvalue weighted by Gasteiger charge is -2.41. The summed E-state index contributed by atoms with van der Waals surface area (Å²) in [5.74, 6) is 0.903. The summed E-state index contributed by atoms with van der Waals surface area (Å²) in [7, 11) is -2.42. The first kappa shape index (κ1) is 25.5. The van der Waals surface area contributed by atoms with Crippen LogP contribution >= 0.6 is 0 Å². The van der Waals surface area contributed by atoms with E-state index in [0.29, 0.717) is 31.0 Å². The molecule has 1 amide bonds. The van der Waals surface area contributed by atoms with Crippen molar-refractivity contribution < 1.29 is 22.7 Å². The van der Waals surface area contributed by atoms with E-state index in [1.54, 1.807) is 11.0 Å². The van der Waals surface area contributed by atoms with Gasteiger partial charge in [-0.1, -0.05) is 44.9 Å². The number of carbonyl (C=O) groups excluding carboxylic acids is 1. The fourth-order valence-electron chi connectivity index (χ4n) is 5.13. The third-order valence-corrected chi connectivity index (χ3v) is 8.86. The van der Waals surface area contributed by atoms with Crippen molar-refractivity contribution in [1.82, 2.24) is 9.62 Å². The molecule has 0 aliphatic carbocycles. The van der Waals surface area contributed by atoms with Crippen molar-refractivity contribution in [3.05, 3.63) is 53.6 Å². The molecule has 0 radical (unpaired) electrons. The van der Waals surface area contributed by atoms with E-state index in [4.69, 9.17) is 9.47 Å². The minimum Gasteiger partial charge on any atom is -0.496 e. The number of para-hydroxylation sites is 1. The molecule has 2 heterocycles. The Bertz CT molecular complexity index is 1150. The Morgan fingerprint density at radius 2 is 1.77 bits per heavy atom. The van der Waals surface area contributed by atoms with E-state index in [-0.39, 0.29) is 16.4 Å². The molecule has 7 nitrogen and oxygen atoms in total. The van der Waals surface area contributed by atoms with Crippen molar-refractivity contribution in [1.29, 1.82) is 0 Å². The minimum atomic E-state index is -3.92. The van der Waals surface area contributed by atoms with Gasteiger partial charge in [0.2, 0.25) is 10.0 Å². The summed E-state index contributed by atoms with van der Waals surface area (Å²) in [6.45, 7) is 5.47.